The zero-order chi connectivity index (χ0) is 21.3. The number of ether oxygens (including phenoxy) is 3. The second-order valence-corrected chi connectivity index (χ2v) is 8.69. The summed E-state index contributed by atoms with van der Waals surface area (Å²) in [5.41, 5.74) is 1.97. The van der Waals surface area contributed by atoms with Gasteiger partial charge in [-0.3, -0.25) is 4.79 Å². The van der Waals surface area contributed by atoms with Crippen molar-refractivity contribution in [3.8, 4) is 0 Å². The van der Waals surface area contributed by atoms with Crippen LogP contribution in [-0.2, 0) is 23.8 Å². The molecule has 1 N–H and O–H groups in total. The summed E-state index contributed by atoms with van der Waals surface area (Å²) in [7, 11) is 0. The summed E-state index contributed by atoms with van der Waals surface area (Å²) in [5.74, 6) is 1.27. The van der Waals surface area contributed by atoms with Gasteiger partial charge in [-0.25, -0.2) is 4.79 Å². The Morgan fingerprint density at radius 1 is 1.10 bits per heavy atom. The standard InChI is InChI=1S/C22H29N3O5/c1-22(2,3)30-21(27)15-4-6-17(7-5-15)25-9-11-29-18-12-16(13-23-19(18)25)20(26)24-8-10-28-14-24/h4,6,12,23H,5,7-11,13-14H2,1-3H3. The molecule has 0 aromatic heterocycles. The van der Waals surface area contributed by atoms with Crippen molar-refractivity contribution in [2.75, 3.05) is 39.6 Å². The Labute approximate surface area is 176 Å². The van der Waals surface area contributed by atoms with Gasteiger partial charge >= 0.3 is 5.97 Å². The van der Waals surface area contributed by atoms with Gasteiger partial charge in [-0.05, 0) is 45.8 Å². The van der Waals surface area contributed by atoms with E-state index in [9.17, 15) is 9.59 Å². The van der Waals surface area contributed by atoms with Crippen molar-refractivity contribution < 1.29 is 23.8 Å². The number of nitrogens with one attached hydrogen (secondary N) is 1. The normalized spacial score (nSPS) is 21.8. The van der Waals surface area contributed by atoms with Gasteiger partial charge in [-0.1, -0.05) is 6.08 Å². The van der Waals surface area contributed by atoms with Crippen LogP contribution in [0.15, 0.2) is 46.7 Å². The molecule has 4 rings (SSSR count). The molecule has 3 aliphatic heterocycles. The molecule has 3 heterocycles. The number of hydrogen-bond acceptors (Lipinski definition) is 7. The minimum atomic E-state index is -0.499. The van der Waals surface area contributed by atoms with Crippen LogP contribution in [0.5, 0.6) is 0 Å². The molecule has 0 atom stereocenters. The molecule has 8 heteroatoms. The average Bonchev–Trinajstić information content (AvgIpc) is 3.26. The van der Waals surface area contributed by atoms with E-state index >= 15 is 0 Å². The smallest absolute Gasteiger partial charge is 0.334 e. The molecule has 4 aliphatic rings. The van der Waals surface area contributed by atoms with Crippen LogP contribution in [0.2, 0.25) is 0 Å². The van der Waals surface area contributed by atoms with Crippen LogP contribution in [0.4, 0.5) is 0 Å². The molecule has 8 nitrogen and oxygen atoms in total. The molecule has 0 unspecified atom stereocenters. The van der Waals surface area contributed by atoms with E-state index in [0.717, 1.165) is 17.9 Å². The molecule has 1 saturated heterocycles. The van der Waals surface area contributed by atoms with Crippen molar-refractivity contribution in [1.29, 1.82) is 0 Å². The Hall–Kier alpha value is -2.74. The van der Waals surface area contributed by atoms with E-state index in [1.54, 1.807) is 4.90 Å². The molecule has 0 aromatic rings. The Balaban J connectivity index is 1.50. The number of nitrogens with zero attached hydrogens (tertiary/aromatic N) is 2. The van der Waals surface area contributed by atoms with E-state index in [0.29, 0.717) is 62.9 Å². The molecule has 1 fully saturated rings. The first-order valence-corrected chi connectivity index (χ1v) is 10.4. The molecule has 0 saturated carbocycles. The van der Waals surface area contributed by atoms with Gasteiger partial charge in [-0.15, -0.1) is 0 Å². The maximum atomic E-state index is 12.6. The summed E-state index contributed by atoms with van der Waals surface area (Å²) in [5, 5.41) is 3.36. The molecule has 1 aliphatic carbocycles. The largest absolute Gasteiger partial charge is 0.488 e. The number of rotatable bonds is 3. The lowest BCUT2D eigenvalue weighted by Gasteiger charge is -2.38. The minimum absolute atomic E-state index is 0.0194. The lowest BCUT2D eigenvalue weighted by atomic mass is 10.0. The number of carbonyl (C=O) groups excluding carboxylic acids is 2. The summed E-state index contributed by atoms with van der Waals surface area (Å²) in [6.07, 6.45) is 7.04. The zero-order valence-corrected chi connectivity index (χ0v) is 17.8. The van der Waals surface area contributed by atoms with E-state index in [2.05, 4.69) is 10.2 Å². The van der Waals surface area contributed by atoms with E-state index in [-0.39, 0.29) is 11.9 Å². The topological polar surface area (TPSA) is 80.3 Å². The number of carbonyl (C=O) groups is 2. The summed E-state index contributed by atoms with van der Waals surface area (Å²) >= 11 is 0. The van der Waals surface area contributed by atoms with Crippen LogP contribution < -0.4 is 5.32 Å². The van der Waals surface area contributed by atoms with Crippen molar-refractivity contribution in [2.24, 2.45) is 0 Å². The number of allylic oxidation sites excluding steroid dienone is 4. The summed E-state index contributed by atoms with van der Waals surface area (Å²) in [4.78, 5) is 28.8. The lowest BCUT2D eigenvalue weighted by Crippen LogP contribution is -2.43. The molecule has 162 valence electrons. The molecule has 1 amide bonds. The monoisotopic (exact) mass is 415 g/mol. The number of dihydropyridines is 1. The third-order valence-corrected chi connectivity index (χ3v) is 5.28. The highest BCUT2D eigenvalue weighted by Crippen LogP contribution is 2.30. The van der Waals surface area contributed by atoms with Crippen LogP contribution >= 0.6 is 0 Å². The van der Waals surface area contributed by atoms with Crippen molar-refractivity contribution in [3.05, 3.63) is 46.7 Å². The Morgan fingerprint density at radius 3 is 2.60 bits per heavy atom. The van der Waals surface area contributed by atoms with Gasteiger partial charge in [0, 0.05) is 29.9 Å². The Bertz CT molecular complexity index is 856. The lowest BCUT2D eigenvalue weighted by molar-refractivity contribution is -0.150. The Kier molecular flexibility index (Phi) is 5.60. The average molecular weight is 415 g/mol. The van der Waals surface area contributed by atoms with Crippen molar-refractivity contribution in [1.82, 2.24) is 15.1 Å². The molecule has 0 bridgehead atoms. The van der Waals surface area contributed by atoms with Crippen LogP contribution in [0.1, 0.15) is 33.6 Å². The first kappa shape index (κ1) is 20.5. The van der Waals surface area contributed by atoms with E-state index < -0.39 is 5.60 Å². The fraction of sp³-hybridized carbons (Fsp3) is 0.545. The van der Waals surface area contributed by atoms with Gasteiger partial charge in [-0.2, -0.15) is 0 Å². The van der Waals surface area contributed by atoms with Gasteiger partial charge < -0.3 is 29.3 Å². The predicted molar refractivity (Wildman–Crippen MR) is 110 cm³/mol. The van der Waals surface area contributed by atoms with Crippen LogP contribution in [0, 0.1) is 0 Å². The zero-order valence-electron chi connectivity index (χ0n) is 17.8. The van der Waals surface area contributed by atoms with Gasteiger partial charge in [0.1, 0.15) is 24.8 Å². The highest BCUT2D eigenvalue weighted by atomic mass is 16.6. The first-order valence-electron chi connectivity index (χ1n) is 10.4. The van der Waals surface area contributed by atoms with Crippen LogP contribution in [-0.4, -0.2) is 66.9 Å². The van der Waals surface area contributed by atoms with E-state index in [1.807, 2.05) is 39.0 Å². The second-order valence-electron chi connectivity index (χ2n) is 8.69. The van der Waals surface area contributed by atoms with Gasteiger partial charge in [0.15, 0.2) is 5.76 Å². The molecular formula is C22H29N3O5. The fourth-order valence-corrected chi connectivity index (χ4v) is 3.81. The fourth-order valence-electron chi connectivity index (χ4n) is 3.81. The molecule has 0 aromatic carbocycles. The number of amides is 1. The third kappa shape index (κ3) is 4.38. The van der Waals surface area contributed by atoms with Crippen molar-refractivity contribution in [3.63, 3.8) is 0 Å². The van der Waals surface area contributed by atoms with Crippen molar-refractivity contribution in [2.45, 2.75) is 39.2 Å². The molecule has 30 heavy (non-hydrogen) atoms. The summed E-state index contributed by atoms with van der Waals surface area (Å²) in [6.45, 7) is 8.84. The third-order valence-electron chi connectivity index (χ3n) is 5.28. The molecule has 0 radical (unpaired) electrons. The van der Waals surface area contributed by atoms with E-state index in [1.165, 1.54) is 0 Å². The Morgan fingerprint density at radius 2 is 1.93 bits per heavy atom. The van der Waals surface area contributed by atoms with Crippen molar-refractivity contribution >= 4 is 11.9 Å². The first-order chi connectivity index (χ1) is 14.3. The summed E-state index contributed by atoms with van der Waals surface area (Å²) in [6, 6.07) is 0. The number of hydrogen-bond donors (Lipinski definition) is 1. The predicted octanol–water partition coefficient (Wildman–Crippen LogP) is 1.78. The van der Waals surface area contributed by atoms with Gasteiger partial charge in [0.05, 0.1) is 13.2 Å². The molecule has 0 spiro atoms. The van der Waals surface area contributed by atoms with Gasteiger partial charge in [0.2, 0.25) is 0 Å². The SMILES string of the molecule is CC(C)(C)OC(=O)C1=CC=C(N2CCOC3=C2NCC(C(=O)N2CCOC2)=C3)CC1. The van der Waals surface area contributed by atoms with Gasteiger partial charge in [0.25, 0.3) is 5.91 Å². The minimum Gasteiger partial charge on any atom is -0.488 e. The highest BCUT2D eigenvalue weighted by molar-refractivity contribution is 5.94. The second kappa shape index (κ2) is 8.18. The molecular weight excluding hydrogens is 386 g/mol. The quantitative estimate of drug-likeness (QED) is 0.704. The van der Waals surface area contributed by atoms with Crippen LogP contribution in [0.3, 0.4) is 0 Å². The maximum absolute atomic E-state index is 12.6. The maximum Gasteiger partial charge on any atom is 0.334 e. The summed E-state index contributed by atoms with van der Waals surface area (Å²) < 4.78 is 16.6. The number of esters is 1. The van der Waals surface area contributed by atoms with Crippen LogP contribution in [0.25, 0.3) is 0 Å². The van der Waals surface area contributed by atoms with E-state index in [4.69, 9.17) is 14.2 Å². The highest BCUT2D eigenvalue weighted by Gasteiger charge is 2.31.